The van der Waals surface area contributed by atoms with Crippen molar-refractivity contribution >= 4 is 16.8 Å². The summed E-state index contributed by atoms with van der Waals surface area (Å²) in [5.74, 6) is 0.248. The molecule has 0 saturated heterocycles. The molecule has 0 aliphatic heterocycles. The van der Waals surface area contributed by atoms with Crippen LogP contribution in [0.15, 0.2) is 34.7 Å². The van der Waals surface area contributed by atoms with Crippen molar-refractivity contribution in [3.05, 3.63) is 36.1 Å². The van der Waals surface area contributed by atoms with E-state index in [0.29, 0.717) is 12.4 Å². The lowest BCUT2D eigenvalue weighted by Crippen LogP contribution is -2.07. The van der Waals surface area contributed by atoms with E-state index < -0.39 is 0 Å². The largest absolute Gasteiger partial charge is 0.453 e. The van der Waals surface area contributed by atoms with Crippen LogP contribution in [0, 0.1) is 0 Å². The number of rotatable bonds is 4. The van der Waals surface area contributed by atoms with E-state index in [2.05, 4.69) is 0 Å². The fourth-order valence-corrected chi connectivity index (χ4v) is 1.39. The fourth-order valence-electron chi connectivity index (χ4n) is 1.39. The molecule has 0 aliphatic rings. The van der Waals surface area contributed by atoms with Gasteiger partial charge in [0.15, 0.2) is 5.76 Å². The van der Waals surface area contributed by atoms with Crippen LogP contribution in [0.5, 0.6) is 0 Å². The van der Waals surface area contributed by atoms with E-state index in [1.54, 1.807) is 6.07 Å². The van der Waals surface area contributed by atoms with Gasteiger partial charge in [-0.2, -0.15) is 0 Å². The van der Waals surface area contributed by atoms with Crippen molar-refractivity contribution in [2.24, 2.45) is 0 Å². The number of Topliss-reactive ketones (excluding diaryl/α,β-unsaturated/α-hetero) is 1. The summed E-state index contributed by atoms with van der Waals surface area (Å²) in [6, 6.07) is 9.29. The molecule has 2 rings (SSSR count). The molecular weight excluding hydrogens is 192 g/mol. The molecular formula is C12H12O3. The molecule has 2 aromatic rings. The van der Waals surface area contributed by atoms with Gasteiger partial charge in [0.05, 0.1) is 0 Å². The average molecular weight is 204 g/mol. The third-order valence-corrected chi connectivity index (χ3v) is 2.14. The molecule has 0 spiro atoms. The number of carbonyl (C=O) groups excluding carboxylic acids is 1. The summed E-state index contributed by atoms with van der Waals surface area (Å²) >= 11 is 0. The number of para-hydroxylation sites is 1. The van der Waals surface area contributed by atoms with E-state index in [1.807, 2.05) is 31.2 Å². The van der Waals surface area contributed by atoms with Crippen molar-refractivity contribution in [3.8, 4) is 0 Å². The average Bonchev–Trinajstić information content (AvgIpc) is 2.69. The maximum absolute atomic E-state index is 11.6. The summed E-state index contributed by atoms with van der Waals surface area (Å²) in [5, 5.41) is 0.942. The molecule has 0 N–H and O–H groups in total. The Kier molecular flexibility index (Phi) is 2.83. The predicted octanol–water partition coefficient (Wildman–Crippen LogP) is 2.65. The van der Waals surface area contributed by atoms with Gasteiger partial charge in [0, 0.05) is 12.0 Å². The Balaban J connectivity index is 2.25. The summed E-state index contributed by atoms with van der Waals surface area (Å²) < 4.78 is 10.4. The summed E-state index contributed by atoms with van der Waals surface area (Å²) in [6.07, 6.45) is 0. The first kappa shape index (κ1) is 9.93. The molecule has 0 bridgehead atoms. The van der Waals surface area contributed by atoms with Crippen LogP contribution in [-0.4, -0.2) is 19.0 Å². The lowest BCUT2D eigenvalue weighted by molar-refractivity contribution is 0.0758. The summed E-state index contributed by atoms with van der Waals surface area (Å²) in [6.45, 7) is 2.47. The highest BCUT2D eigenvalue weighted by Crippen LogP contribution is 2.18. The van der Waals surface area contributed by atoms with E-state index in [-0.39, 0.29) is 12.4 Å². The molecule has 0 saturated carbocycles. The van der Waals surface area contributed by atoms with Gasteiger partial charge in [0.1, 0.15) is 12.2 Å². The number of hydrogen-bond donors (Lipinski definition) is 0. The smallest absolute Gasteiger partial charge is 0.223 e. The van der Waals surface area contributed by atoms with E-state index in [9.17, 15) is 4.79 Å². The Morgan fingerprint density at radius 2 is 2.20 bits per heavy atom. The Hall–Kier alpha value is -1.61. The molecule has 0 aliphatic carbocycles. The van der Waals surface area contributed by atoms with Gasteiger partial charge in [-0.1, -0.05) is 18.2 Å². The highest BCUT2D eigenvalue weighted by Gasteiger charge is 2.11. The predicted molar refractivity (Wildman–Crippen MR) is 57.0 cm³/mol. The lowest BCUT2D eigenvalue weighted by atomic mass is 10.2. The van der Waals surface area contributed by atoms with E-state index >= 15 is 0 Å². The summed E-state index contributed by atoms with van der Waals surface area (Å²) in [7, 11) is 0. The van der Waals surface area contributed by atoms with Crippen LogP contribution in [0.3, 0.4) is 0 Å². The third kappa shape index (κ3) is 2.07. The molecule has 1 aromatic heterocycles. The first-order valence-electron chi connectivity index (χ1n) is 4.91. The maximum Gasteiger partial charge on any atom is 0.223 e. The molecule has 0 radical (unpaired) electrons. The monoisotopic (exact) mass is 204 g/mol. The van der Waals surface area contributed by atoms with Crippen LogP contribution in [-0.2, 0) is 4.74 Å². The number of hydrogen-bond acceptors (Lipinski definition) is 3. The minimum atomic E-state index is -0.118. The zero-order valence-electron chi connectivity index (χ0n) is 8.53. The number of fused-ring (bicyclic) bond motifs is 1. The number of benzene rings is 1. The first-order valence-corrected chi connectivity index (χ1v) is 4.91. The number of ketones is 1. The molecule has 0 amide bonds. The highest BCUT2D eigenvalue weighted by molar-refractivity contribution is 5.98. The molecule has 78 valence electrons. The topological polar surface area (TPSA) is 39.4 Å². The van der Waals surface area contributed by atoms with Crippen LogP contribution >= 0.6 is 0 Å². The van der Waals surface area contributed by atoms with Crippen LogP contribution in [0.2, 0.25) is 0 Å². The molecule has 15 heavy (non-hydrogen) atoms. The number of furan rings is 1. The molecule has 3 nitrogen and oxygen atoms in total. The van der Waals surface area contributed by atoms with Gasteiger partial charge in [0.2, 0.25) is 5.78 Å². The summed E-state index contributed by atoms with van der Waals surface area (Å²) in [4.78, 5) is 11.6. The molecule has 0 fully saturated rings. The van der Waals surface area contributed by atoms with E-state index in [1.165, 1.54) is 0 Å². The molecule has 1 aromatic carbocycles. The van der Waals surface area contributed by atoms with Crippen molar-refractivity contribution < 1.29 is 13.9 Å². The third-order valence-electron chi connectivity index (χ3n) is 2.14. The summed E-state index contributed by atoms with van der Waals surface area (Å²) in [5.41, 5.74) is 0.734. The molecule has 0 unspecified atom stereocenters. The van der Waals surface area contributed by atoms with E-state index in [0.717, 1.165) is 11.0 Å². The Bertz CT molecular complexity index is 437. The zero-order valence-corrected chi connectivity index (χ0v) is 8.53. The second kappa shape index (κ2) is 4.28. The van der Waals surface area contributed by atoms with Gasteiger partial charge in [-0.25, -0.2) is 0 Å². The quantitative estimate of drug-likeness (QED) is 0.719. The molecule has 1 heterocycles. The first-order chi connectivity index (χ1) is 7.31. The van der Waals surface area contributed by atoms with Gasteiger partial charge in [-0.15, -0.1) is 0 Å². The van der Waals surface area contributed by atoms with Gasteiger partial charge in [0.25, 0.3) is 0 Å². The lowest BCUT2D eigenvalue weighted by Gasteiger charge is -1.96. The molecule has 0 atom stereocenters. The van der Waals surface area contributed by atoms with Gasteiger partial charge >= 0.3 is 0 Å². The molecule has 3 heteroatoms. The zero-order chi connectivity index (χ0) is 10.7. The van der Waals surface area contributed by atoms with Gasteiger partial charge in [-0.3, -0.25) is 4.79 Å². The van der Waals surface area contributed by atoms with Crippen molar-refractivity contribution in [1.29, 1.82) is 0 Å². The van der Waals surface area contributed by atoms with Crippen LogP contribution in [0.25, 0.3) is 11.0 Å². The minimum absolute atomic E-state index is 0.0797. The van der Waals surface area contributed by atoms with Gasteiger partial charge < -0.3 is 9.15 Å². The highest BCUT2D eigenvalue weighted by atomic mass is 16.5. The van der Waals surface area contributed by atoms with Crippen molar-refractivity contribution in [2.75, 3.05) is 13.2 Å². The van der Waals surface area contributed by atoms with Crippen LogP contribution in [0.4, 0.5) is 0 Å². The standard InChI is InChI=1S/C12H12O3/c1-2-14-8-10(13)12-7-9-5-3-4-6-11(9)15-12/h3-7H,2,8H2,1H3. The Morgan fingerprint density at radius 3 is 2.93 bits per heavy atom. The van der Waals surface area contributed by atoms with Crippen LogP contribution in [0.1, 0.15) is 17.5 Å². The Labute approximate surface area is 87.6 Å². The second-order valence-corrected chi connectivity index (χ2v) is 3.21. The normalized spacial score (nSPS) is 10.7. The van der Waals surface area contributed by atoms with E-state index in [4.69, 9.17) is 9.15 Å². The fraction of sp³-hybridized carbons (Fsp3) is 0.250. The van der Waals surface area contributed by atoms with Crippen molar-refractivity contribution in [3.63, 3.8) is 0 Å². The Morgan fingerprint density at radius 1 is 1.40 bits per heavy atom. The SMILES string of the molecule is CCOCC(=O)c1cc2ccccc2o1. The number of ether oxygens (including phenoxy) is 1. The van der Waals surface area contributed by atoms with Crippen LogP contribution < -0.4 is 0 Å². The second-order valence-electron chi connectivity index (χ2n) is 3.21. The maximum atomic E-state index is 11.6. The minimum Gasteiger partial charge on any atom is -0.453 e. The van der Waals surface area contributed by atoms with Gasteiger partial charge in [-0.05, 0) is 19.1 Å². The number of carbonyl (C=O) groups is 1. The van der Waals surface area contributed by atoms with Crippen molar-refractivity contribution in [1.82, 2.24) is 0 Å². The van der Waals surface area contributed by atoms with Crippen molar-refractivity contribution in [2.45, 2.75) is 6.92 Å².